The molecule has 0 bridgehead atoms. The molecule has 0 aromatic carbocycles. The molecule has 1 aromatic heterocycles. The number of hydrogen-bond donors (Lipinski definition) is 1. The van der Waals surface area contributed by atoms with Crippen molar-refractivity contribution < 1.29 is 13.2 Å². The highest BCUT2D eigenvalue weighted by atomic mass is 19.4. The molecule has 0 spiro atoms. The molecule has 1 N–H and O–H groups in total. The van der Waals surface area contributed by atoms with Gasteiger partial charge in [-0.25, -0.2) is 4.98 Å². The summed E-state index contributed by atoms with van der Waals surface area (Å²) >= 11 is 0. The molecule has 0 aliphatic heterocycles. The first-order valence-electron chi connectivity index (χ1n) is 3.59. The molecular formula is C7H11F3N2. The Morgan fingerprint density at radius 3 is 2.00 bits per heavy atom. The third kappa shape index (κ3) is 2.94. The Balaban J connectivity index is 0.000000561. The Kier molecular flexibility index (Phi) is 3.79. The van der Waals surface area contributed by atoms with E-state index >= 15 is 0 Å². The quantitative estimate of drug-likeness (QED) is 0.653. The van der Waals surface area contributed by atoms with Gasteiger partial charge in [-0.1, -0.05) is 13.8 Å². The predicted molar refractivity (Wildman–Crippen MR) is 39.7 cm³/mol. The Hall–Kier alpha value is -1.00. The van der Waals surface area contributed by atoms with E-state index in [4.69, 9.17) is 0 Å². The van der Waals surface area contributed by atoms with Crippen molar-refractivity contribution in [2.45, 2.75) is 26.9 Å². The summed E-state index contributed by atoms with van der Waals surface area (Å²) in [4.78, 5) is 5.49. The van der Waals surface area contributed by atoms with Crippen LogP contribution in [0.15, 0.2) is 6.20 Å². The van der Waals surface area contributed by atoms with Gasteiger partial charge in [-0.3, -0.25) is 0 Å². The number of hydrogen-bond acceptors (Lipinski definition) is 1. The fourth-order valence-corrected chi connectivity index (χ4v) is 0.565. The molecular weight excluding hydrogens is 169 g/mol. The number of aromatic amines is 1. The van der Waals surface area contributed by atoms with Crippen LogP contribution in [0.3, 0.4) is 0 Å². The van der Waals surface area contributed by atoms with Gasteiger partial charge in [0.05, 0.1) is 6.20 Å². The molecule has 0 fully saturated rings. The Labute approximate surface area is 68.8 Å². The van der Waals surface area contributed by atoms with Crippen LogP contribution in [0.4, 0.5) is 13.2 Å². The predicted octanol–water partition coefficient (Wildman–Crippen LogP) is 2.76. The topological polar surface area (TPSA) is 28.7 Å². The van der Waals surface area contributed by atoms with Gasteiger partial charge in [0.25, 0.3) is 0 Å². The van der Waals surface area contributed by atoms with Gasteiger partial charge in [-0.05, 0) is 6.92 Å². The highest BCUT2D eigenvalue weighted by Gasteiger charge is 2.32. The van der Waals surface area contributed by atoms with Crippen LogP contribution in [0.2, 0.25) is 0 Å². The largest absolute Gasteiger partial charge is 0.432 e. The summed E-state index contributed by atoms with van der Waals surface area (Å²) in [5, 5.41) is 0. The van der Waals surface area contributed by atoms with Crippen LogP contribution in [0.5, 0.6) is 0 Å². The van der Waals surface area contributed by atoms with E-state index < -0.39 is 11.9 Å². The number of alkyl halides is 3. The lowest BCUT2D eigenvalue weighted by atomic mass is 10.5. The van der Waals surface area contributed by atoms with Crippen molar-refractivity contribution in [2.75, 3.05) is 0 Å². The number of imidazole rings is 1. The van der Waals surface area contributed by atoms with Gasteiger partial charge in [0, 0.05) is 0 Å². The summed E-state index contributed by atoms with van der Waals surface area (Å²) < 4.78 is 35.2. The van der Waals surface area contributed by atoms with E-state index in [1.807, 2.05) is 13.8 Å². The maximum atomic E-state index is 11.7. The molecule has 1 heterocycles. The standard InChI is InChI=1S/C5H5F3N2.C2H6/c1-3-9-2-4(10-3)5(6,7)8;1-2/h2H,1H3,(H,9,10);1-2H3. The molecule has 0 unspecified atom stereocenters. The first-order chi connectivity index (χ1) is 5.50. The van der Waals surface area contributed by atoms with E-state index in [-0.39, 0.29) is 5.82 Å². The number of aryl methyl sites for hydroxylation is 1. The normalized spacial score (nSPS) is 10.5. The van der Waals surface area contributed by atoms with E-state index in [0.717, 1.165) is 6.20 Å². The van der Waals surface area contributed by atoms with Gasteiger partial charge in [0.15, 0.2) is 0 Å². The van der Waals surface area contributed by atoms with E-state index in [9.17, 15) is 13.2 Å². The molecule has 1 rings (SSSR count). The number of aromatic nitrogens is 2. The minimum absolute atomic E-state index is 0.271. The Bertz CT molecular complexity index is 227. The van der Waals surface area contributed by atoms with Gasteiger partial charge >= 0.3 is 6.18 Å². The molecule has 1 aromatic rings. The van der Waals surface area contributed by atoms with Crippen molar-refractivity contribution in [2.24, 2.45) is 0 Å². The second-order valence-electron chi connectivity index (χ2n) is 1.88. The first-order valence-corrected chi connectivity index (χ1v) is 3.59. The fourth-order valence-electron chi connectivity index (χ4n) is 0.565. The number of halogens is 3. The van der Waals surface area contributed by atoms with Crippen LogP contribution < -0.4 is 0 Å². The van der Waals surface area contributed by atoms with Gasteiger partial charge in [0.1, 0.15) is 11.5 Å². The first kappa shape index (κ1) is 11.0. The van der Waals surface area contributed by atoms with Gasteiger partial charge in [-0.15, -0.1) is 0 Å². The molecule has 0 saturated carbocycles. The molecule has 5 heteroatoms. The van der Waals surface area contributed by atoms with Crippen LogP contribution in [0, 0.1) is 6.92 Å². The van der Waals surface area contributed by atoms with Crippen LogP contribution >= 0.6 is 0 Å². The summed E-state index contributed by atoms with van der Waals surface area (Å²) in [6.45, 7) is 5.47. The zero-order valence-corrected chi connectivity index (χ0v) is 7.16. The van der Waals surface area contributed by atoms with Gasteiger partial charge in [0.2, 0.25) is 0 Å². The van der Waals surface area contributed by atoms with Crippen LogP contribution in [-0.4, -0.2) is 9.97 Å². The van der Waals surface area contributed by atoms with Crippen molar-refractivity contribution in [3.05, 3.63) is 17.7 Å². The van der Waals surface area contributed by atoms with E-state index in [2.05, 4.69) is 9.97 Å². The number of nitrogens with zero attached hydrogens (tertiary/aromatic N) is 1. The van der Waals surface area contributed by atoms with E-state index in [1.54, 1.807) is 0 Å². The summed E-state index contributed by atoms with van der Waals surface area (Å²) in [7, 11) is 0. The summed E-state index contributed by atoms with van der Waals surface area (Å²) in [6, 6.07) is 0. The molecule has 0 radical (unpaired) electrons. The van der Waals surface area contributed by atoms with Crippen molar-refractivity contribution in [1.82, 2.24) is 9.97 Å². The maximum Gasteiger partial charge on any atom is 0.432 e. The van der Waals surface area contributed by atoms with E-state index in [0.29, 0.717) is 0 Å². The van der Waals surface area contributed by atoms with Gasteiger partial charge in [-0.2, -0.15) is 13.2 Å². The molecule has 0 atom stereocenters. The maximum absolute atomic E-state index is 11.7. The number of H-pyrrole nitrogens is 1. The highest BCUT2D eigenvalue weighted by Crippen LogP contribution is 2.26. The SMILES string of the molecule is CC.Cc1ncc(C(F)(F)F)[nH]1. The monoisotopic (exact) mass is 180 g/mol. The molecule has 0 saturated heterocycles. The minimum atomic E-state index is -4.30. The lowest BCUT2D eigenvalue weighted by Crippen LogP contribution is -2.04. The zero-order chi connectivity index (χ0) is 9.78. The van der Waals surface area contributed by atoms with Crippen LogP contribution in [0.25, 0.3) is 0 Å². The average molecular weight is 180 g/mol. The minimum Gasteiger partial charge on any atom is -0.339 e. The Morgan fingerprint density at radius 2 is 1.83 bits per heavy atom. The van der Waals surface area contributed by atoms with Gasteiger partial charge < -0.3 is 4.98 Å². The molecule has 0 aliphatic carbocycles. The zero-order valence-electron chi connectivity index (χ0n) is 7.16. The molecule has 12 heavy (non-hydrogen) atoms. The smallest absolute Gasteiger partial charge is 0.339 e. The lowest BCUT2D eigenvalue weighted by molar-refractivity contribution is -0.140. The molecule has 70 valence electrons. The van der Waals surface area contributed by atoms with Crippen molar-refractivity contribution >= 4 is 0 Å². The van der Waals surface area contributed by atoms with Crippen molar-refractivity contribution in [3.63, 3.8) is 0 Å². The molecule has 0 aliphatic rings. The lowest BCUT2D eigenvalue weighted by Gasteiger charge is -1.99. The summed E-state index contributed by atoms with van der Waals surface area (Å²) in [5.74, 6) is 0.271. The van der Waals surface area contributed by atoms with Crippen LogP contribution in [0.1, 0.15) is 25.4 Å². The Morgan fingerprint density at radius 1 is 1.33 bits per heavy atom. The van der Waals surface area contributed by atoms with Crippen molar-refractivity contribution in [1.29, 1.82) is 0 Å². The third-order valence-electron chi connectivity index (χ3n) is 1.01. The molecule has 0 amide bonds. The van der Waals surface area contributed by atoms with E-state index in [1.165, 1.54) is 6.92 Å². The summed E-state index contributed by atoms with van der Waals surface area (Å²) in [5.41, 5.74) is -0.801. The molecule has 2 nitrogen and oxygen atoms in total. The summed E-state index contributed by atoms with van der Waals surface area (Å²) in [6.07, 6.45) is -3.53. The fraction of sp³-hybridized carbons (Fsp3) is 0.571. The highest BCUT2D eigenvalue weighted by molar-refractivity contribution is 5.03. The average Bonchev–Trinajstić information content (AvgIpc) is 2.39. The second kappa shape index (κ2) is 4.13. The van der Waals surface area contributed by atoms with Crippen molar-refractivity contribution in [3.8, 4) is 0 Å². The number of nitrogens with one attached hydrogen (secondary N) is 1. The second-order valence-corrected chi connectivity index (χ2v) is 1.88. The third-order valence-corrected chi connectivity index (χ3v) is 1.01. The van der Waals surface area contributed by atoms with Crippen LogP contribution in [-0.2, 0) is 6.18 Å². The number of rotatable bonds is 0.